The number of hydrogen-bond donors (Lipinski definition) is 3. The van der Waals surface area contributed by atoms with Gasteiger partial charge in [-0.15, -0.1) is 6.58 Å². The van der Waals surface area contributed by atoms with Crippen molar-refractivity contribution in [3.05, 3.63) is 12.7 Å². The van der Waals surface area contributed by atoms with Crippen LogP contribution in [0.3, 0.4) is 0 Å². The lowest BCUT2D eigenvalue weighted by Gasteiger charge is -2.33. The summed E-state index contributed by atoms with van der Waals surface area (Å²) in [5, 5.41) is 5.16. The number of amides is 3. The van der Waals surface area contributed by atoms with Gasteiger partial charge in [0.1, 0.15) is 6.04 Å². The average molecular weight is 409 g/mol. The lowest BCUT2D eigenvalue weighted by molar-refractivity contribution is -0.143. The molecule has 8 nitrogen and oxygen atoms in total. The first kappa shape index (κ1) is 24.8. The molecule has 0 aromatic heterocycles. The van der Waals surface area contributed by atoms with Gasteiger partial charge in [-0.1, -0.05) is 46.6 Å². The summed E-state index contributed by atoms with van der Waals surface area (Å²) in [5.41, 5.74) is 5.67. The predicted molar refractivity (Wildman–Crippen MR) is 112 cm³/mol. The molecule has 0 saturated carbocycles. The van der Waals surface area contributed by atoms with E-state index < -0.39 is 41.1 Å². The number of unbranched alkanes of at least 4 members (excludes halogenated alkanes) is 1. The maximum absolute atomic E-state index is 12.9. The van der Waals surface area contributed by atoms with Crippen LogP contribution in [0.2, 0.25) is 0 Å². The van der Waals surface area contributed by atoms with Gasteiger partial charge in [0.15, 0.2) is 0 Å². The van der Waals surface area contributed by atoms with Crippen molar-refractivity contribution >= 4 is 23.5 Å². The molecule has 3 atom stereocenters. The van der Waals surface area contributed by atoms with Crippen LogP contribution in [0.1, 0.15) is 59.8 Å². The summed E-state index contributed by atoms with van der Waals surface area (Å²) >= 11 is 0. The number of rotatable bonds is 10. The number of hydrogen-bond acceptors (Lipinski definition) is 5. The smallest absolute Gasteiger partial charge is 0.289 e. The Kier molecular flexibility index (Phi) is 9.49. The number of ketones is 1. The summed E-state index contributed by atoms with van der Waals surface area (Å²) in [6, 6.07) is -2.32. The molecule has 1 aliphatic rings. The first-order valence-corrected chi connectivity index (χ1v) is 10.3. The zero-order valence-electron chi connectivity index (χ0n) is 18.1. The highest BCUT2D eigenvalue weighted by Gasteiger charge is 2.40. The number of nitrogens with zero attached hydrogens (tertiary/aromatic N) is 1. The van der Waals surface area contributed by atoms with Gasteiger partial charge in [-0.2, -0.15) is 0 Å². The fourth-order valence-electron chi connectivity index (χ4n) is 3.21. The van der Waals surface area contributed by atoms with E-state index in [-0.39, 0.29) is 12.5 Å². The molecule has 0 aromatic carbocycles. The van der Waals surface area contributed by atoms with Gasteiger partial charge in [0.2, 0.25) is 17.6 Å². The molecular weight excluding hydrogens is 372 g/mol. The minimum atomic E-state index is -0.916. The maximum atomic E-state index is 12.9. The van der Waals surface area contributed by atoms with Gasteiger partial charge in [0, 0.05) is 13.1 Å². The lowest BCUT2D eigenvalue weighted by Crippen LogP contribution is -2.57. The topological polar surface area (TPSA) is 122 Å². The normalized spacial score (nSPS) is 18.7. The van der Waals surface area contributed by atoms with E-state index in [9.17, 15) is 19.2 Å². The average Bonchev–Trinajstić information content (AvgIpc) is 3.16. The van der Waals surface area contributed by atoms with Gasteiger partial charge in [-0.05, 0) is 24.7 Å². The van der Waals surface area contributed by atoms with E-state index in [1.165, 1.54) is 11.0 Å². The fraction of sp³-hybridized carbons (Fsp3) is 0.714. The Morgan fingerprint density at radius 1 is 1.28 bits per heavy atom. The Hall–Kier alpha value is -2.22. The van der Waals surface area contributed by atoms with Crippen molar-refractivity contribution in [2.24, 2.45) is 11.1 Å². The third-order valence-corrected chi connectivity index (χ3v) is 5.15. The highest BCUT2D eigenvalue weighted by molar-refractivity contribution is 6.38. The molecule has 0 radical (unpaired) electrons. The van der Waals surface area contributed by atoms with E-state index in [4.69, 9.17) is 5.73 Å². The van der Waals surface area contributed by atoms with Gasteiger partial charge < -0.3 is 21.3 Å². The highest BCUT2D eigenvalue weighted by atomic mass is 16.2. The minimum Gasteiger partial charge on any atom is -0.346 e. The summed E-state index contributed by atoms with van der Waals surface area (Å²) in [7, 11) is 0. The second-order valence-corrected chi connectivity index (χ2v) is 8.60. The highest BCUT2D eigenvalue weighted by Crippen LogP contribution is 2.24. The largest absolute Gasteiger partial charge is 0.346 e. The minimum absolute atomic E-state index is 0.175. The van der Waals surface area contributed by atoms with Crippen molar-refractivity contribution in [3.8, 4) is 0 Å². The monoisotopic (exact) mass is 408 g/mol. The van der Waals surface area contributed by atoms with E-state index in [2.05, 4.69) is 17.2 Å². The Bertz CT molecular complexity index is 627. The molecule has 1 rings (SSSR count). The summed E-state index contributed by atoms with van der Waals surface area (Å²) in [6.07, 6.45) is 4.55. The van der Waals surface area contributed by atoms with Gasteiger partial charge in [0.05, 0.1) is 12.1 Å². The Morgan fingerprint density at radius 3 is 2.48 bits per heavy atom. The van der Waals surface area contributed by atoms with Crippen LogP contribution in [0.5, 0.6) is 0 Å². The van der Waals surface area contributed by atoms with Crippen LogP contribution in [-0.4, -0.2) is 59.6 Å². The Morgan fingerprint density at radius 2 is 1.93 bits per heavy atom. The molecule has 1 heterocycles. The number of carbonyl (C=O) groups is 4. The molecule has 0 spiro atoms. The fourth-order valence-corrected chi connectivity index (χ4v) is 3.21. The van der Waals surface area contributed by atoms with Crippen LogP contribution < -0.4 is 16.4 Å². The molecule has 1 fully saturated rings. The summed E-state index contributed by atoms with van der Waals surface area (Å²) in [5.74, 6) is -2.12. The molecule has 0 aromatic rings. The standard InChI is InChI=1S/C21H36N4O4/c1-6-8-10-14(16(26)19(28)23-12-7-2)24-18(27)15-11-9-13-25(15)20(29)17(22)21(3,4)5/h7,14-15,17H,2,6,8-13,22H2,1,3-5H3,(H,23,28)(H,24,27)/t14-,15-,17+/m0/s1. The first-order valence-electron chi connectivity index (χ1n) is 10.3. The number of likely N-dealkylation sites (tertiary alicyclic amines) is 1. The molecular formula is C21H36N4O4. The lowest BCUT2D eigenvalue weighted by atomic mass is 9.86. The van der Waals surface area contributed by atoms with E-state index in [1.807, 2.05) is 27.7 Å². The third kappa shape index (κ3) is 6.96. The molecule has 164 valence electrons. The number of nitrogens with two attached hydrogens (primary N) is 1. The van der Waals surface area contributed by atoms with Crippen LogP contribution in [0, 0.1) is 5.41 Å². The van der Waals surface area contributed by atoms with E-state index in [0.29, 0.717) is 32.2 Å². The molecule has 1 aliphatic heterocycles. The van der Waals surface area contributed by atoms with E-state index >= 15 is 0 Å². The Balaban J connectivity index is 2.89. The summed E-state index contributed by atoms with van der Waals surface area (Å²) in [6.45, 7) is 11.7. The molecule has 4 N–H and O–H groups in total. The zero-order valence-corrected chi connectivity index (χ0v) is 18.1. The Labute approximate surface area is 173 Å². The summed E-state index contributed by atoms with van der Waals surface area (Å²) in [4.78, 5) is 51.8. The molecule has 3 amide bonds. The molecule has 8 heteroatoms. The second kappa shape index (κ2) is 11.1. The van der Waals surface area contributed by atoms with Crippen molar-refractivity contribution in [2.45, 2.75) is 77.9 Å². The summed E-state index contributed by atoms with van der Waals surface area (Å²) < 4.78 is 0. The molecule has 29 heavy (non-hydrogen) atoms. The number of carbonyl (C=O) groups excluding carboxylic acids is 4. The molecule has 0 unspecified atom stereocenters. The van der Waals surface area contributed by atoms with Gasteiger partial charge in [0.25, 0.3) is 5.91 Å². The van der Waals surface area contributed by atoms with Crippen LogP contribution in [0.25, 0.3) is 0 Å². The first-order chi connectivity index (χ1) is 13.5. The van der Waals surface area contributed by atoms with Gasteiger partial charge >= 0.3 is 0 Å². The van der Waals surface area contributed by atoms with Crippen molar-refractivity contribution in [2.75, 3.05) is 13.1 Å². The van der Waals surface area contributed by atoms with Gasteiger partial charge in [-0.25, -0.2) is 0 Å². The van der Waals surface area contributed by atoms with Crippen LogP contribution >= 0.6 is 0 Å². The van der Waals surface area contributed by atoms with Crippen molar-refractivity contribution < 1.29 is 19.2 Å². The van der Waals surface area contributed by atoms with Gasteiger partial charge in [-0.3, -0.25) is 19.2 Å². The third-order valence-electron chi connectivity index (χ3n) is 5.15. The van der Waals surface area contributed by atoms with Crippen molar-refractivity contribution in [3.63, 3.8) is 0 Å². The molecule has 1 saturated heterocycles. The van der Waals surface area contributed by atoms with Crippen LogP contribution in [0.4, 0.5) is 0 Å². The maximum Gasteiger partial charge on any atom is 0.289 e. The predicted octanol–water partition coefficient (Wildman–Crippen LogP) is 0.897. The number of nitrogens with one attached hydrogen (secondary N) is 2. The van der Waals surface area contributed by atoms with E-state index in [1.54, 1.807) is 0 Å². The number of Topliss-reactive ketones (excluding diaryl/α,β-unsaturated/α-hetero) is 1. The molecule has 0 aliphatic carbocycles. The van der Waals surface area contributed by atoms with Crippen molar-refractivity contribution in [1.82, 2.24) is 15.5 Å². The zero-order chi connectivity index (χ0) is 22.2. The van der Waals surface area contributed by atoms with Crippen LogP contribution in [0.15, 0.2) is 12.7 Å². The second-order valence-electron chi connectivity index (χ2n) is 8.60. The van der Waals surface area contributed by atoms with Crippen LogP contribution in [-0.2, 0) is 19.2 Å². The SMILES string of the molecule is C=CCNC(=O)C(=O)[C@H](CCCC)NC(=O)[C@@H]1CCCN1C(=O)[C@@H](N)C(C)(C)C. The quantitative estimate of drug-likeness (QED) is 0.366. The van der Waals surface area contributed by atoms with Crippen molar-refractivity contribution in [1.29, 1.82) is 0 Å². The molecule has 0 bridgehead atoms. The van der Waals surface area contributed by atoms with E-state index in [0.717, 1.165) is 6.42 Å².